The molecule has 0 radical (unpaired) electrons. The van der Waals surface area contributed by atoms with Gasteiger partial charge >= 0.3 is 0 Å². The highest BCUT2D eigenvalue weighted by atomic mass is 32.2. The summed E-state index contributed by atoms with van der Waals surface area (Å²) in [6, 6.07) is 36.4. The van der Waals surface area contributed by atoms with Crippen LogP contribution in [0.5, 0.6) is 0 Å². The normalized spacial score (nSPS) is 11.5. The molecule has 5 rings (SSSR count). The predicted octanol–water partition coefficient (Wildman–Crippen LogP) is 7.09. The fraction of sp³-hybridized carbons (Fsp3) is 0. The van der Waals surface area contributed by atoms with Crippen LogP contribution in [0.1, 0.15) is 0 Å². The first-order valence-corrected chi connectivity index (χ1v) is 11.7. The molecule has 0 aliphatic heterocycles. The average Bonchev–Trinajstić information content (AvgIpc) is 2.83. The van der Waals surface area contributed by atoms with Gasteiger partial charge in [0.25, 0.3) is 10.1 Å². The quantitative estimate of drug-likeness (QED) is 0.306. The topological polar surface area (TPSA) is 54.4 Å². The van der Waals surface area contributed by atoms with Gasteiger partial charge in [-0.3, -0.25) is 4.55 Å². The van der Waals surface area contributed by atoms with Crippen LogP contribution < -0.4 is 0 Å². The van der Waals surface area contributed by atoms with Gasteiger partial charge in [-0.1, -0.05) is 115 Å². The van der Waals surface area contributed by atoms with Gasteiger partial charge in [-0.05, 0) is 33.2 Å². The summed E-state index contributed by atoms with van der Waals surface area (Å²) in [5.41, 5.74) is 4.77. The Morgan fingerprint density at radius 2 is 0.812 bits per heavy atom. The maximum atomic E-state index is 12.8. The Morgan fingerprint density at radius 1 is 0.438 bits per heavy atom. The zero-order valence-electron chi connectivity index (χ0n) is 17.1. The molecule has 0 amide bonds. The highest BCUT2D eigenvalue weighted by molar-refractivity contribution is 7.86. The van der Waals surface area contributed by atoms with Crippen LogP contribution >= 0.6 is 0 Å². The molecule has 0 saturated heterocycles. The van der Waals surface area contributed by atoms with E-state index in [1.807, 2.05) is 103 Å². The van der Waals surface area contributed by atoms with Crippen LogP contribution in [0.25, 0.3) is 44.2 Å². The highest BCUT2D eigenvalue weighted by Crippen LogP contribution is 2.48. The van der Waals surface area contributed by atoms with Crippen molar-refractivity contribution >= 4 is 20.9 Å². The number of hydrogen-bond donors (Lipinski definition) is 1. The average molecular weight is 437 g/mol. The van der Waals surface area contributed by atoms with Crippen molar-refractivity contribution in [2.45, 2.75) is 4.90 Å². The summed E-state index contributed by atoms with van der Waals surface area (Å²) in [4.78, 5) is -0.0714. The number of hydrogen-bond acceptors (Lipinski definition) is 2. The molecule has 0 heterocycles. The Bertz CT molecular complexity index is 1510. The number of rotatable bonds is 4. The first-order valence-electron chi connectivity index (χ1n) is 10.3. The second-order valence-electron chi connectivity index (χ2n) is 7.57. The van der Waals surface area contributed by atoms with Gasteiger partial charge in [0.2, 0.25) is 0 Å². The van der Waals surface area contributed by atoms with E-state index in [4.69, 9.17) is 0 Å². The largest absolute Gasteiger partial charge is 0.295 e. The molecule has 0 aliphatic rings. The van der Waals surface area contributed by atoms with Gasteiger partial charge in [-0.2, -0.15) is 8.42 Å². The lowest BCUT2D eigenvalue weighted by atomic mass is 9.84. The molecule has 0 unspecified atom stereocenters. The Labute approximate surface area is 187 Å². The van der Waals surface area contributed by atoms with E-state index >= 15 is 0 Å². The molecule has 156 valence electrons. The van der Waals surface area contributed by atoms with Crippen molar-refractivity contribution in [1.82, 2.24) is 0 Å². The van der Waals surface area contributed by atoms with Crippen LogP contribution in [0.15, 0.2) is 120 Å². The van der Waals surface area contributed by atoms with Crippen molar-refractivity contribution in [1.29, 1.82) is 0 Å². The second kappa shape index (κ2) is 8.08. The Morgan fingerprint density at radius 3 is 1.28 bits per heavy atom. The maximum Gasteiger partial charge on any atom is 0.295 e. The Kier molecular flexibility index (Phi) is 5.10. The van der Waals surface area contributed by atoms with E-state index < -0.39 is 10.1 Å². The molecule has 0 fully saturated rings. The van der Waals surface area contributed by atoms with Crippen molar-refractivity contribution in [2.75, 3.05) is 0 Å². The van der Waals surface area contributed by atoms with Gasteiger partial charge in [0.05, 0.1) is 0 Å². The maximum absolute atomic E-state index is 12.8. The van der Waals surface area contributed by atoms with Crippen LogP contribution in [-0.2, 0) is 10.1 Å². The summed E-state index contributed by atoms with van der Waals surface area (Å²) >= 11 is 0. The highest BCUT2D eigenvalue weighted by Gasteiger charge is 2.28. The number of benzene rings is 5. The summed E-state index contributed by atoms with van der Waals surface area (Å²) in [7, 11) is -4.54. The second-order valence-corrected chi connectivity index (χ2v) is 8.93. The fourth-order valence-electron chi connectivity index (χ4n) is 4.35. The van der Waals surface area contributed by atoms with E-state index in [1.165, 1.54) is 0 Å². The summed E-state index contributed by atoms with van der Waals surface area (Å²) in [6.07, 6.45) is 0. The third-order valence-corrected chi connectivity index (χ3v) is 6.55. The molecule has 5 aromatic rings. The molecule has 0 atom stereocenters. The van der Waals surface area contributed by atoms with E-state index in [-0.39, 0.29) is 4.90 Å². The molecule has 0 aromatic heterocycles. The summed E-state index contributed by atoms with van der Waals surface area (Å²) in [6.45, 7) is 0. The van der Waals surface area contributed by atoms with Crippen LogP contribution in [0.3, 0.4) is 0 Å². The van der Waals surface area contributed by atoms with E-state index in [9.17, 15) is 13.0 Å². The van der Waals surface area contributed by atoms with Gasteiger partial charge in [0.15, 0.2) is 0 Å². The van der Waals surface area contributed by atoms with Crippen molar-refractivity contribution in [3.63, 3.8) is 0 Å². The minimum atomic E-state index is -4.54. The van der Waals surface area contributed by atoms with Crippen molar-refractivity contribution in [3.05, 3.63) is 115 Å². The van der Waals surface area contributed by atoms with E-state index in [0.717, 1.165) is 33.2 Å². The third kappa shape index (κ3) is 3.50. The van der Waals surface area contributed by atoms with Gasteiger partial charge < -0.3 is 0 Å². The molecule has 0 aliphatic carbocycles. The molecule has 4 heteroatoms. The first kappa shape index (κ1) is 20.2. The molecular weight excluding hydrogens is 416 g/mol. The lowest BCUT2D eigenvalue weighted by molar-refractivity contribution is 0.484. The van der Waals surface area contributed by atoms with Crippen molar-refractivity contribution in [3.8, 4) is 33.4 Å². The van der Waals surface area contributed by atoms with Crippen molar-refractivity contribution < 1.29 is 13.0 Å². The first-order chi connectivity index (χ1) is 15.6. The van der Waals surface area contributed by atoms with E-state index in [2.05, 4.69) is 0 Å². The molecule has 32 heavy (non-hydrogen) atoms. The molecule has 5 aromatic carbocycles. The standard InChI is InChI=1S/C28H20O3S/c29-32(30,31)28-24-19-11-10-18-23(24)25(20-12-4-1-5-13-20)26(21-14-6-2-7-15-21)27(28)22-16-8-3-9-17-22/h1-19H,(H,29,30,31). The molecule has 1 N–H and O–H groups in total. The molecular formula is C28H20O3S. The Balaban J connectivity index is 2.11. The minimum absolute atomic E-state index is 0.0714. The number of fused-ring (bicyclic) bond motifs is 1. The van der Waals surface area contributed by atoms with Gasteiger partial charge in [0, 0.05) is 10.9 Å². The molecule has 0 spiro atoms. The van der Waals surface area contributed by atoms with Gasteiger partial charge in [-0.15, -0.1) is 0 Å². The van der Waals surface area contributed by atoms with Crippen LogP contribution in [0.2, 0.25) is 0 Å². The van der Waals surface area contributed by atoms with Crippen LogP contribution in [-0.4, -0.2) is 13.0 Å². The SMILES string of the molecule is O=S(=O)(O)c1c(-c2ccccc2)c(-c2ccccc2)c(-c2ccccc2)c2ccccc12. The molecule has 0 bridgehead atoms. The lowest BCUT2D eigenvalue weighted by Gasteiger charge is -2.22. The lowest BCUT2D eigenvalue weighted by Crippen LogP contribution is -2.05. The smallest absolute Gasteiger partial charge is 0.282 e. The zero-order valence-corrected chi connectivity index (χ0v) is 18.0. The third-order valence-electron chi connectivity index (χ3n) is 5.61. The summed E-state index contributed by atoms with van der Waals surface area (Å²) in [5, 5.41) is 1.26. The monoisotopic (exact) mass is 436 g/mol. The van der Waals surface area contributed by atoms with E-state index in [0.29, 0.717) is 10.9 Å². The zero-order chi connectivity index (χ0) is 22.1. The van der Waals surface area contributed by atoms with Gasteiger partial charge in [0.1, 0.15) is 4.90 Å². The Hall–Kier alpha value is -3.73. The summed E-state index contributed by atoms with van der Waals surface area (Å²) < 4.78 is 36.1. The summed E-state index contributed by atoms with van der Waals surface area (Å²) in [5.74, 6) is 0. The van der Waals surface area contributed by atoms with Crippen LogP contribution in [0.4, 0.5) is 0 Å². The minimum Gasteiger partial charge on any atom is -0.282 e. The van der Waals surface area contributed by atoms with Gasteiger partial charge in [-0.25, -0.2) is 0 Å². The predicted molar refractivity (Wildman–Crippen MR) is 130 cm³/mol. The van der Waals surface area contributed by atoms with E-state index in [1.54, 1.807) is 12.1 Å². The van der Waals surface area contributed by atoms with Crippen molar-refractivity contribution in [2.24, 2.45) is 0 Å². The molecule has 3 nitrogen and oxygen atoms in total. The van der Waals surface area contributed by atoms with Crippen LogP contribution in [0, 0.1) is 0 Å². The fourth-order valence-corrected chi connectivity index (χ4v) is 5.29. The molecule has 0 saturated carbocycles.